The fourth-order valence-corrected chi connectivity index (χ4v) is 2.70. The fourth-order valence-electron chi connectivity index (χ4n) is 2.70. The average Bonchev–Trinajstić information content (AvgIpc) is 3.10. The highest BCUT2D eigenvalue weighted by molar-refractivity contribution is 6.05. The Labute approximate surface area is 151 Å². The van der Waals surface area contributed by atoms with Crippen LogP contribution in [0.2, 0.25) is 0 Å². The van der Waals surface area contributed by atoms with Gasteiger partial charge in [0.25, 0.3) is 5.91 Å². The zero-order valence-electron chi connectivity index (χ0n) is 14.8. The van der Waals surface area contributed by atoms with Crippen molar-refractivity contribution in [3.63, 3.8) is 0 Å². The number of methoxy groups -OCH3 is 1. The zero-order valence-corrected chi connectivity index (χ0v) is 14.8. The van der Waals surface area contributed by atoms with Crippen molar-refractivity contribution in [2.45, 2.75) is 13.8 Å². The summed E-state index contributed by atoms with van der Waals surface area (Å²) in [6.45, 7) is 3.86. The maximum atomic E-state index is 12.9. The first kappa shape index (κ1) is 17.4. The number of anilines is 1. The number of aryl methyl sites for hydroxylation is 2. The number of aromatic nitrogens is 2. The van der Waals surface area contributed by atoms with Gasteiger partial charge in [0.15, 0.2) is 5.69 Å². The molecule has 1 amide bonds. The van der Waals surface area contributed by atoms with Crippen LogP contribution in [0.3, 0.4) is 0 Å². The van der Waals surface area contributed by atoms with Crippen LogP contribution < -0.4 is 5.32 Å². The van der Waals surface area contributed by atoms with E-state index in [4.69, 9.17) is 4.74 Å². The van der Waals surface area contributed by atoms with Crippen molar-refractivity contribution in [2.24, 2.45) is 0 Å². The van der Waals surface area contributed by atoms with Gasteiger partial charge in [0.05, 0.1) is 12.8 Å². The quantitative estimate of drug-likeness (QED) is 0.731. The van der Waals surface area contributed by atoms with Crippen molar-refractivity contribution < 1.29 is 14.3 Å². The predicted octanol–water partition coefficient (Wildman–Crippen LogP) is 3.53. The van der Waals surface area contributed by atoms with E-state index in [0.29, 0.717) is 5.69 Å². The van der Waals surface area contributed by atoms with Gasteiger partial charge in [0, 0.05) is 11.8 Å². The number of para-hydroxylation sites is 2. The summed E-state index contributed by atoms with van der Waals surface area (Å²) in [5.74, 6) is -0.949. The van der Waals surface area contributed by atoms with Crippen LogP contribution >= 0.6 is 0 Å². The Bertz CT molecular complexity index is 941. The number of hydrogen-bond acceptors (Lipinski definition) is 4. The molecule has 0 aliphatic rings. The average molecular weight is 349 g/mol. The number of hydrogen-bond donors (Lipinski definition) is 1. The van der Waals surface area contributed by atoms with Crippen LogP contribution in [0.4, 0.5) is 5.69 Å². The van der Waals surface area contributed by atoms with Gasteiger partial charge in [-0.1, -0.05) is 36.4 Å². The molecular formula is C20H19N3O3. The van der Waals surface area contributed by atoms with E-state index in [9.17, 15) is 9.59 Å². The largest absolute Gasteiger partial charge is 0.464 e. The van der Waals surface area contributed by atoms with E-state index in [1.807, 2.05) is 62.4 Å². The van der Waals surface area contributed by atoms with Crippen LogP contribution in [-0.2, 0) is 4.74 Å². The molecule has 0 atom stereocenters. The SMILES string of the molecule is COC(=O)c1cc(C(=O)Nc2c(C)cccc2C)n(-c2ccccc2)n1. The molecule has 0 saturated carbocycles. The molecule has 1 heterocycles. The van der Waals surface area contributed by atoms with Gasteiger partial charge in [-0.15, -0.1) is 0 Å². The summed E-state index contributed by atoms with van der Waals surface area (Å²) in [5, 5.41) is 7.16. The molecule has 1 N–H and O–H groups in total. The van der Waals surface area contributed by atoms with Gasteiger partial charge in [0.1, 0.15) is 5.69 Å². The Balaban J connectivity index is 2.04. The number of carbonyl (C=O) groups is 2. The minimum atomic E-state index is -0.596. The van der Waals surface area contributed by atoms with Crippen LogP contribution in [0.1, 0.15) is 32.1 Å². The van der Waals surface area contributed by atoms with Crippen LogP contribution in [0.25, 0.3) is 5.69 Å². The van der Waals surface area contributed by atoms with Gasteiger partial charge >= 0.3 is 5.97 Å². The summed E-state index contributed by atoms with van der Waals surface area (Å²) in [6, 6.07) is 16.4. The minimum Gasteiger partial charge on any atom is -0.464 e. The molecule has 6 nitrogen and oxygen atoms in total. The first-order valence-electron chi connectivity index (χ1n) is 8.12. The number of benzene rings is 2. The number of ether oxygens (including phenoxy) is 1. The second kappa shape index (κ2) is 7.23. The fraction of sp³-hybridized carbons (Fsp3) is 0.150. The first-order chi connectivity index (χ1) is 12.5. The van der Waals surface area contributed by atoms with Crippen molar-refractivity contribution >= 4 is 17.6 Å². The third-order valence-corrected chi connectivity index (χ3v) is 4.06. The second-order valence-corrected chi connectivity index (χ2v) is 5.87. The zero-order chi connectivity index (χ0) is 18.7. The maximum absolute atomic E-state index is 12.9. The molecule has 6 heteroatoms. The number of nitrogens with zero attached hydrogens (tertiary/aromatic N) is 2. The summed E-state index contributed by atoms with van der Waals surface area (Å²) in [6.07, 6.45) is 0. The summed E-state index contributed by atoms with van der Waals surface area (Å²) < 4.78 is 6.17. The van der Waals surface area contributed by atoms with Gasteiger partial charge in [-0.3, -0.25) is 4.79 Å². The summed E-state index contributed by atoms with van der Waals surface area (Å²) >= 11 is 0. The minimum absolute atomic E-state index is 0.0722. The lowest BCUT2D eigenvalue weighted by atomic mass is 10.1. The molecule has 0 saturated heterocycles. The number of carbonyl (C=O) groups excluding carboxylic acids is 2. The topological polar surface area (TPSA) is 73.2 Å². The summed E-state index contributed by atoms with van der Waals surface area (Å²) in [4.78, 5) is 24.8. The highest BCUT2D eigenvalue weighted by Gasteiger charge is 2.21. The molecule has 0 unspecified atom stereocenters. The van der Waals surface area contributed by atoms with E-state index in [1.165, 1.54) is 17.9 Å². The Morgan fingerprint density at radius 1 is 1.00 bits per heavy atom. The van der Waals surface area contributed by atoms with Crippen molar-refractivity contribution in [1.82, 2.24) is 9.78 Å². The van der Waals surface area contributed by atoms with Crippen LogP contribution in [-0.4, -0.2) is 28.8 Å². The van der Waals surface area contributed by atoms with Crippen LogP contribution in [0, 0.1) is 13.8 Å². The van der Waals surface area contributed by atoms with E-state index in [0.717, 1.165) is 16.8 Å². The number of esters is 1. The normalized spacial score (nSPS) is 10.4. The third-order valence-electron chi connectivity index (χ3n) is 4.06. The van der Waals surface area contributed by atoms with E-state index in [-0.39, 0.29) is 17.3 Å². The van der Waals surface area contributed by atoms with Gasteiger partial charge in [-0.05, 0) is 37.1 Å². The summed E-state index contributed by atoms with van der Waals surface area (Å²) in [5.41, 5.74) is 3.66. The van der Waals surface area contributed by atoms with Gasteiger partial charge in [0.2, 0.25) is 0 Å². The molecule has 0 spiro atoms. The molecule has 3 aromatic rings. The molecule has 26 heavy (non-hydrogen) atoms. The Morgan fingerprint density at radius 2 is 1.65 bits per heavy atom. The second-order valence-electron chi connectivity index (χ2n) is 5.87. The Morgan fingerprint density at radius 3 is 2.27 bits per heavy atom. The van der Waals surface area contributed by atoms with Gasteiger partial charge < -0.3 is 10.1 Å². The van der Waals surface area contributed by atoms with Gasteiger partial charge in [-0.2, -0.15) is 5.10 Å². The van der Waals surface area contributed by atoms with Crippen molar-refractivity contribution in [3.8, 4) is 5.69 Å². The van der Waals surface area contributed by atoms with Gasteiger partial charge in [-0.25, -0.2) is 9.48 Å². The smallest absolute Gasteiger partial charge is 0.358 e. The van der Waals surface area contributed by atoms with E-state index in [1.54, 1.807) is 0 Å². The lowest BCUT2D eigenvalue weighted by Crippen LogP contribution is -2.18. The van der Waals surface area contributed by atoms with Crippen molar-refractivity contribution in [1.29, 1.82) is 0 Å². The predicted molar refractivity (Wildman–Crippen MR) is 98.8 cm³/mol. The van der Waals surface area contributed by atoms with E-state index < -0.39 is 5.97 Å². The molecule has 2 aromatic carbocycles. The lowest BCUT2D eigenvalue weighted by Gasteiger charge is -2.12. The van der Waals surface area contributed by atoms with Crippen molar-refractivity contribution in [2.75, 3.05) is 12.4 Å². The molecule has 0 aliphatic heterocycles. The standard InChI is InChI=1S/C20H19N3O3/c1-13-8-7-9-14(2)18(13)21-19(24)17-12-16(20(25)26-3)22-23(17)15-10-5-4-6-11-15/h4-12H,1-3H3,(H,21,24). The van der Waals surface area contributed by atoms with Crippen LogP contribution in [0.15, 0.2) is 54.6 Å². The highest BCUT2D eigenvalue weighted by atomic mass is 16.5. The molecule has 0 radical (unpaired) electrons. The number of rotatable bonds is 4. The Kier molecular flexibility index (Phi) is 4.84. The van der Waals surface area contributed by atoms with Crippen LogP contribution in [0.5, 0.6) is 0 Å². The molecule has 132 valence electrons. The number of amides is 1. The molecule has 0 bridgehead atoms. The first-order valence-corrected chi connectivity index (χ1v) is 8.12. The van der Waals surface area contributed by atoms with E-state index in [2.05, 4.69) is 10.4 Å². The number of nitrogens with one attached hydrogen (secondary N) is 1. The van der Waals surface area contributed by atoms with E-state index >= 15 is 0 Å². The lowest BCUT2D eigenvalue weighted by molar-refractivity contribution is 0.0593. The Hall–Kier alpha value is -3.41. The third kappa shape index (κ3) is 3.35. The molecule has 0 aliphatic carbocycles. The molecule has 1 aromatic heterocycles. The molecular weight excluding hydrogens is 330 g/mol. The van der Waals surface area contributed by atoms with Crippen molar-refractivity contribution in [3.05, 3.63) is 77.1 Å². The highest BCUT2D eigenvalue weighted by Crippen LogP contribution is 2.21. The monoisotopic (exact) mass is 349 g/mol. The molecule has 3 rings (SSSR count). The summed E-state index contributed by atoms with van der Waals surface area (Å²) in [7, 11) is 1.28. The maximum Gasteiger partial charge on any atom is 0.358 e. The molecule has 0 fully saturated rings.